The van der Waals surface area contributed by atoms with Gasteiger partial charge in [-0.3, -0.25) is 14.5 Å². The van der Waals surface area contributed by atoms with Gasteiger partial charge < -0.3 is 14.6 Å². The number of thiocarbonyl (C=S) groups is 1. The number of carboxylic acid groups (broad SMARTS) is 1. The molecule has 0 unspecified atom stereocenters. The fourth-order valence-electron chi connectivity index (χ4n) is 2.62. The summed E-state index contributed by atoms with van der Waals surface area (Å²) in [4.78, 5) is 24.7. The molecule has 6 nitrogen and oxygen atoms in total. The van der Waals surface area contributed by atoms with Crippen LogP contribution in [0.1, 0.15) is 11.1 Å². The predicted octanol–water partition coefficient (Wildman–Crippen LogP) is 4.21. The van der Waals surface area contributed by atoms with Crippen molar-refractivity contribution in [3.05, 3.63) is 63.5 Å². The molecule has 1 saturated heterocycles. The molecule has 0 spiro atoms. The Morgan fingerprint density at radius 1 is 1.31 bits per heavy atom. The first-order chi connectivity index (χ1) is 13.9. The number of carboxylic acids is 1. The average Bonchev–Trinajstić information content (AvgIpc) is 2.94. The number of thioether (sulfide) groups is 1. The summed E-state index contributed by atoms with van der Waals surface area (Å²) in [7, 11) is 1.50. The molecule has 1 N–H and O–H groups in total. The number of rotatable bonds is 7. The highest BCUT2D eigenvalue weighted by atomic mass is 35.5. The summed E-state index contributed by atoms with van der Waals surface area (Å²) in [6.07, 6.45) is 1.59. The van der Waals surface area contributed by atoms with E-state index >= 15 is 0 Å². The van der Waals surface area contributed by atoms with Crippen LogP contribution in [0.2, 0.25) is 5.02 Å². The van der Waals surface area contributed by atoms with E-state index in [2.05, 4.69) is 0 Å². The summed E-state index contributed by atoms with van der Waals surface area (Å²) >= 11 is 12.5. The maximum atomic E-state index is 12.4. The molecule has 3 rings (SSSR count). The van der Waals surface area contributed by atoms with E-state index in [0.717, 1.165) is 22.2 Å². The molecule has 150 valence electrons. The zero-order chi connectivity index (χ0) is 21.0. The van der Waals surface area contributed by atoms with Crippen LogP contribution in [-0.2, 0) is 16.2 Å². The van der Waals surface area contributed by atoms with Crippen LogP contribution < -0.4 is 9.47 Å². The van der Waals surface area contributed by atoms with Gasteiger partial charge >= 0.3 is 5.97 Å². The van der Waals surface area contributed by atoms with Gasteiger partial charge in [0.1, 0.15) is 17.5 Å². The van der Waals surface area contributed by atoms with E-state index < -0.39 is 18.4 Å². The summed E-state index contributed by atoms with van der Waals surface area (Å²) < 4.78 is 11.4. The zero-order valence-corrected chi connectivity index (χ0v) is 17.6. The zero-order valence-electron chi connectivity index (χ0n) is 15.3. The first-order valence-corrected chi connectivity index (χ1v) is 10.0. The van der Waals surface area contributed by atoms with Crippen LogP contribution in [0.25, 0.3) is 6.08 Å². The Morgan fingerprint density at radius 2 is 2.03 bits per heavy atom. The molecule has 0 radical (unpaired) electrons. The molecule has 1 aliphatic rings. The Morgan fingerprint density at radius 3 is 2.69 bits per heavy atom. The van der Waals surface area contributed by atoms with E-state index in [1.54, 1.807) is 18.2 Å². The molecule has 0 saturated carbocycles. The number of amides is 1. The Labute approximate surface area is 182 Å². The molecular weight excluding hydrogens is 434 g/mol. The van der Waals surface area contributed by atoms with E-state index in [-0.39, 0.29) is 4.32 Å². The fourth-order valence-corrected chi connectivity index (χ4v) is 4.14. The number of nitrogens with zero attached hydrogens (tertiary/aromatic N) is 1. The lowest BCUT2D eigenvalue weighted by Crippen LogP contribution is -2.33. The van der Waals surface area contributed by atoms with Crippen molar-refractivity contribution in [1.82, 2.24) is 4.90 Å². The number of benzene rings is 2. The SMILES string of the molecule is COc1cc(/C=C2/SC(=S)N(CC(=O)O)C2=O)cc(Cl)c1OCc1ccccc1. The van der Waals surface area contributed by atoms with Gasteiger partial charge in [0.15, 0.2) is 11.5 Å². The van der Waals surface area contributed by atoms with E-state index in [1.807, 2.05) is 30.3 Å². The van der Waals surface area contributed by atoms with Gasteiger partial charge in [0.05, 0.1) is 17.0 Å². The van der Waals surface area contributed by atoms with Gasteiger partial charge in [0.25, 0.3) is 5.91 Å². The average molecular weight is 450 g/mol. The second-order valence-corrected chi connectivity index (χ2v) is 8.05. The standard InChI is InChI=1S/C20H16ClNO5S2/c1-26-15-8-13(9-16-19(25)22(10-17(23)24)20(28)29-16)7-14(21)18(15)27-11-12-5-3-2-4-6-12/h2-9H,10-11H2,1H3,(H,23,24)/b16-9+. The largest absolute Gasteiger partial charge is 0.493 e. The minimum absolute atomic E-state index is 0.199. The van der Waals surface area contributed by atoms with Crippen molar-refractivity contribution in [1.29, 1.82) is 0 Å². The number of halogens is 1. The molecule has 0 aliphatic carbocycles. The van der Waals surface area contributed by atoms with Crippen molar-refractivity contribution >= 4 is 57.9 Å². The first kappa shape index (κ1) is 21.2. The Kier molecular flexibility index (Phi) is 6.79. The highest BCUT2D eigenvalue weighted by Gasteiger charge is 2.33. The maximum absolute atomic E-state index is 12.4. The van der Waals surface area contributed by atoms with Crippen molar-refractivity contribution in [2.24, 2.45) is 0 Å². The lowest BCUT2D eigenvalue weighted by Gasteiger charge is -2.13. The molecule has 0 aromatic heterocycles. The normalized spacial score (nSPS) is 15.1. The van der Waals surface area contributed by atoms with Crippen LogP contribution in [0.3, 0.4) is 0 Å². The highest BCUT2D eigenvalue weighted by Crippen LogP contribution is 2.39. The van der Waals surface area contributed by atoms with E-state index in [9.17, 15) is 9.59 Å². The van der Waals surface area contributed by atoms with Gasteiger partial charge in [0, 0.05) is 0 Å². The smallest absolute Gasteiger partial charge is 0.323 e. The summed E-state index contributed by atoms with van der Waals surface area (Å²) in [5.74, 6) is -0.775. The molecular formula is C20H16ClNO5S2. The molecule has 9 heteroatoms. The van der Waals surface area contributed by atoms with Crippen LogP contribution in [0, 0.1) is 0 Å². The third kappa shape index (κ3) is 5.09. The summed E-state index contributed by atoms with van der Waals surface area (Å²) in [6.45, 7) is -0.150. The minimum atomic E-state index is -1.13. The Hall–Kier alpha value is -2.55. The van der Waals surface area contributed by atoms with Crippen LogP contribution in [-0.4, -0.2) is 39.9 Å². The van der Waals surface area contributed by atoms with Gasteiger partial charge in [-0.15, -0.1) is 0 Å². The summed E-state index contributed by atoms with van der Waals surface area (Å²) in [5.41, 5.74) is 1.59. The van der Waals surface area contributed by atoms with Crippen LogP contribution in [0.15, 0.2) is 47.4 Å². The molecule has 0 bridgehead atoms. The number of carbonyl (C=O) groups is 2. The number of aliphatic carboxylic acids is 1. The van der Waals surface area contributed by atoms with Crippen molar-refractivity contribution in [2.75, 3.05) is 13.7 Å². The lowest BCUT2D eigenvalue weighted by atomic mass is 10.1. The Bertz CT molecular complexity index is 994. The molecule has 1 aliphatic heterocycles. The van der Waals surface area contributed by atoms with Crippen LogP contribution in [0.5, 0.6) is 11.5 Å². The van der Waals surface area contributed by atoms with Crippen molar-refractivity contribution in [3.8, 4) is 11.5 Å². The quantitative estimate of drug-likeness (QED) is 0.501. The number of hydrogen-bond acceptors (Lipinski definition) is 6. The number of hydrogen-bond donors (Lipinski definition) is 1. The van der Waals surface area contributed by atoms with Crippen molar-refractivity contribution in [2.45, 2.75) is 6.61 Å². The van der Waals surface area contributed by atoms with Crippen molar-refractivity contribution in [3.63, 3.8) is 0 Å². The Balaban J connectivity index is 1.83. The second kappa shape index (κ2) is 9.30. The topological polar surface area (TPSA) is 76.1 Å². The van der Waals surface area contributed by atoms with E-state index in [1.165, 1.54) is 7.11 Å². The third-order valence-electron chi connectivity index (χ3n) is 3.94. The molecule has 1 heterocycles. The predicted molar refractivity (Wildman–Crippen MR) is 116 cm³/mol. The second-order valence-electron chi connectivity index (χ2n) is 5.97. The van der Waals surface area contributed by atoms with Gasteiger partial charge in [-0.05, 0) is 29.3 Å². The van der Waals surface area contributed by atoms with Gasteiger partial charge in [-0.25, -0.2) is 0 Å². The molecule has 0 atom stereocenters. The first-order valence-electron chi connectivity index (χ1n) is 8.40. The fraction of sp³-hybridized carbons (Fsp3) is 0.150. The molecule has 2 aromatic rings. The van der Waals surface area contributed by atoms with Crippen molar-refractivity contribution < 1.29 is 24.2 Å². The minimum Gasteiger partial charge on any atom is -0.493 e. The van der Waals surface area contributed by atoms with Crippen LogP contribution in [0.4, 0.5) is 0 Å². The van der Waals surface area contributed by atoms with E-state index in [4.69, 9.17) is 38.4 Å². The molecule has 1 fully saturated rings. The molecule has 2 aromatic carbocycles. The monoisotopic (exact) mass is 449 g/mol. The number of ether oxygens (including phenoxy) is 2. The maximum Gasteiger partial charge on any atom is 0.323 e. The molecule has 29 heavy (non-hydrogen) atoms. The van der Waals surface area contributed by atoms with Gasteiger partial charge in [-0.2, -0.15) is 0 Å². The van der Waals surface area contributed by atoms with Crippen LogP contribution >= 0.6 is 35.6 Å². The summed E-state index contributed by atoms with van der Waals surface area (Å²) in [6, 6.07) is 13.0. The summed E-state index contributed by atoms with van der Waals surface area (Å²) in [5, 5.41) is 9.25. The number of carbonyl (C=O) groups excluding carboxylic acids is 1. The van der Waals surface area contributed by atoms with Gasteiger partial charge in [0.2, 0.25) is 0 Å². The number of methoxy groups -OCH3 is 1. The highest BCUT2D eigenvalue weighted by molar-refractivity contribution is 8.26. The van der Waals surface area contributed by atoms with E-state index in [0.29, 0.717) is 33.6 Å². The lowest BCUT2D eigenvalue weighted by molar-refractivity contribution is -0.140. The van der Waals surface area contributed by atoms with Gasteiger partial charge in [-0.1, -0.05) is 65.9 Å². The molecule has 1 amide bonds. The third-order valence-corrected chi connectivity index (χ3v) is 5.60.